The van der Waals surface area contributed by atoms with Gasteiger partial charge in [-0.05, 0) is 25.5 Å². The molecule has 1 N–H and O–H groups in total. The van der Waals surface area contributed by atoms with Crippen LogP contribution in [0, 0.1) is 12.8 Å². The molecule has 0 amide bonds. The molecule has 158 valence electrons. The normalized spacial score (nSPS) is 17.6. The van der Waals surface area contributed by atoms with Crippen molar-refractivity contribution in [1.82, 2.24) is 24.8 Å². The first-order valence-electron chi connectivity index (χ1n) is 10.4. The molecule has 1 atom stereocenters. The number of anilines is 2. The van der Waals surface area contributed by atoms with Crippen molar-refractivity contribution in [2.24, 2.45) is 5.92 Å². The molecule has 8 heteroatoms. The third kappa shape index (κ3) is 5.81. The molecule has 1 aliphatic heterocycles. The lowest BCUT2D eigenvalue weighted by atomic mass is 10.0. The second-order valence-electron chi connectivity index (χ2n) is 7.66. The Hall–Kier alpha value is -2.42. The summed E-state index contributed by atoms with van der Waals surface area (Å²) < 4.78 is 5.89. The van der Waals surface area contributed by atoms with Crippen LogP contribution in [0.1, 0.15) is 28.9 Å². The van der Waals surface area contributed by atoms with Crippen molar-refractivity contribution in [3.8, 4) is 0 Å². The van der Waals surface area contributed by atoms with Crippen molar-refractivity contribution in [2.75, 3.05) is 31.6 Å². The van der Waals surface area contributed by atoms with Crippen molar-refractivity contribution in [2.45, 2.75) is 33.2 Å². The smallest absolute Gasteiger partial charge is 0.188 e. The maximum absolute atomic E-state index is 5.89. The Morgan fingerprint density at radius 1 is 1.20 bits per heavy atom. The Balaban J connectivity index is 1.37. The third-order valence-corrected chi connectivity index (χ3v) is 5.89. The molecule has 30 heavy (non-hydrogen) atoms. The van der Waals surface area contributed by atoms with Crippen molar-refractivity contribution < 1.29 is 4.74 Å². The van der Waals surface area contributed by atoms with Crippen LogP contribution in [0.25, 0.3) is 0 Å². The standard InChI is InChI=1S/C22H28N6OS/c1-3-20-23-11-18(12-24-20)14-28-7-8-29-15-17(13-28)9-19-5-4-6-21(26-19)27-22-25-10-16(2)30-22/h4-6,10-12,17H,3,7-9,13-15H2,1-2H3,(H,25,26,27). The molecule has 1 unspecified atom stereocenters. The zero-order chi connectivity index (χ0) is 20.8. The minimum Gasteiger partial charge on any atom is -0.380 e. The predicted octanol–water partition coefficient (Wildman–Crippen LogP) is 3.63. The van der Waals surface area contributed by atoms with Crippen LogP contribution in [0.2, 0.25) is 0 Å². The minimum atomic E-state index is 0.396. The van der Waals surface area contributed by atoms with E-state index in [-0.39, 0.29) is 0 Å². The molecule has 1 aliphatic rings. The van der Waals surface area contributed by atoms with Gasteiger partial charge in [0.05, 0.1) is 13.2 Å². The molecule has 4 rings (SSSR count). The average Bonchev–Trinajstić information content (AvgIpc) is 3.03. The van der Waals surface area contributed by atoms with Crippen LogP contribution in [-0.2, 0) is 24.1 Å². The van der Waals surface area contributed by atoms with E-state index in [2.05, 4.69) is 45.1 Å². The second kappa shape index (κ2) is 10.1. The highest BCUT2D eigenvalue weighted by atomic mass is 32.1. The van der Waals surface area contributed by atoms with Crippen LogP contribution in [0.5, 0.6) is 0 Å². The van der Waals surface area contributed by atoms with Gasteiger partial charge in [0.15, 0.2) is 5.13 Å². The number of aryl methyl sites for hydroxylation is 2. The second-order valence-corrected chi connectivity index (χ2v) is 8.89. The van der Waals surface area contributed by atoms with E-state index in [1.54, 1.807) is 11.3 Å². The number of ether oxygens (including phenoxy) is 1. The van der Waals surface area contributed by atoms with Gasteiger partial charge >= 0.3 is 0 Å². The van der Waals surface area contributed by atoms with Gasteiger partial charge in [0.1, 0.15) is 11.6 Å². The fourth-order valence-electron chi connectivity index (χ4n) is 3.60. The van der Waals surface area contributed by atoms with Crippen LogP contribution in [-0.4, -0.2) is 51.1 Å². The van der Waals surface area contributed by atoms with Gasteiger partial charge in [0.25, 0.3) is 0 Å². The molecule has 7 nitrogen and oxygen atoms in total. The van der Waals surface area contributed by atoms with E-state index in [0.717, 1.165) is 73.7 Å². The van der Waals surface area contributed by atoms with Gasteiger partial charge in [0.2, 0.25) is 0 Å². The van der Waals surface area contributed by atoms with Gasteiger partial charge in [-0.25, -0.2) is 19.9 Å². The lowest BCUT2D eigenvalue weighted by Gasteiger charge is -2.23. The van der Waals surface area contributed by atoms with Crippen LogP contribution < -0.4 is 5.32 Å². The fraction of sp³-hybridized carbons (Fsp3) is 0.455. The van der Waals surface area contributed by atoms with Gasteiger partial charge in [-0.3, -0.25) is 4.90 Å². The zero-order valence-electron chi connectivity index (χ0n) is 17.5. The van der Waals surface area contributed by atoms with Gasteiger partial charge in [-0.1, -0.05) is 13.0 Å². The molecule has 3 aromatic rings. The van der Waals surface area contributed by atoms with Crippen LogP contribution >= 0.6 is 11.3 Å². The zero-order valence-corrected chi connectivity index (χ0v) is 18.4. The molecule has 3 aromatic heterocycles. The quantitative estimate of drug-likeness (QED) is 0.621. The monoisotopic (exact) mass is 424 g/mol. The highest BCUT2D eigenvalue weighted by molar-refractivity contribution is 7.15. The third-order valence-electron chi connectivity index (χ3n) is 5.06. The van der Waals surface area contributed by atoms with E-state index in [9.17, 15) is 0 Å². The summed E-state index contributed by atoms with van der Waals surface area (Å²) in [7, 11) is 0. The number of hydrogen-bond acceptors (Lipinski definition) is 8. The molecular formula is C22H28N6OS. The molecule has 0 bridgehead atoms. The van der Waals surface area contributed by atoms with Crippen LogP contribution in [0.3, 0.4) is 0 Å². The summed E-state index contributed by atoms with van der Waals surface area (Å²) in [6.45, 7) is 8.37. The van der Waals surface area contributed by atoms with Crippen molar-refractivity contribution in [1.29, 1.82) is 0 Å². The lowest BCUT2D eigenvalue weighted by molar-refractivity contribution is 0.121. The number of nitrogens with zero attached hydrogens (tertiary/aromatic N) is 5. The minimum absolute atomic E-state index is 0.396. The topological polar surface area (TPSA) is 76.1 Å². The molecule has 0 radical (unpaired) electrons. The molecule has 1 saturated heterocycles. The summed E-state index contributed by atoms with van der Waals surface area (Å²) in [5.41, 5.74) is 2.22. The summed E-state index contributed by atoms with van der Waals surface area (Å²) in [6, 6.07) is 6.12. The Morgan fingerprint density at radius 3 is 2.83 bits per heavy atom. The van der Waals surface area contributed by atoms with Crippen molar-refractivity contribution in [3.63, 3.8) is 0 Å². The van der Waals surface area contributed by atoms with E-state index in [4.69, 9.17) is 9.72 Å². The number of hydrogen-bond donors (Lipinski definition) is 1. The highest BCUT2D eigenvalue weighted by Crippen LogP contribution is 2.22. The van der Waals surface area contributed by atoms with E-state index in [1.165, 1.54) is 4.88 Å². The largest absolute Gasteiger partial charge is 0.380 e. The average molecular weight is 425 g/mol. The van der Waals surface area contributed by atoms with Crippen molar-refractivity contribution >= 4 is 22.3 Å². The first kappa shape index (κ1) is 20.8. The van der Waals surface area contributed by atoms with E-state index < -0.39 is 0 Å². The first-order valence-corrected chi connectivity index (χ1v) is 11.2. The summed E-state index contributed by atoms with van der Waals surface area (Å²) >= 11 is 1.63. The van der Waals surface area contributed by atoms with Crippen LogP contribution in [0.15, 0.2) is 36.8 Å². The molecule has 4 heterocycles. The lowest BCUT2D eigenvalue weighted by Crippen LogP contribution is -2.30. The molecule has 0 spiro atoms. The molecule has 0 aromatic carbocycles. The predicted molar refractivity (Wildman–Crippen MR) is 119 cm³/mol. The number of pyridine rings is 1. The maximum atomic E-state index is 5.89. The maximum Gasteiger partial charge on any atom is 0.188 e. The van der Waals surface area contributed by atoms with E-state index >= 15 is 0 Å². The molecular weight excluding hydrogens is 396 g/mol. The molecule has 0 aliphatic carbocycles. The van der Waals surface area contributed by atoms with Crippen molar-refractivity contribution in [3.05, 3.63) is 58.7 Å². The van der Waals surface area contributed by atoms with E-state index in [1.807, 2.05) is 30.7 Å². The number of rotatable bonds is 7. The summed E-state index contributed by atoms with van der Waals surface area (Å²) in [4.78, 5) is 21.6. The Labute approximate surface area is 181 Å². The molecule has 0 saturated carbocycles. The molecule has 1 fully saturated rings. The van der Waals surface area contributed by atoms with Gasteiger partial charge in [0, 0.05) is 66.7 Å². The first-order chi connectivity index (χ1) is 14.7. The van der Waals surface area contributed by atoms with Gasteiger partial charge in [-0.2, -0.15) is 0 Å². The summed E-state index contributed by atoms with van der Waals surface area (Å²) in [5.74, 6) is 2.12. The number of aromatic nitrogens is 4. The fourth-order valence-corrected chi connectivity index (χ4v) is 4.28. The van der Waals surface area contributed by atoms with Crippen LogP contribution in [0.4, 0.5) is 10.9 Å². The SMILES string of the molecule is CCc1ncc(CN2CCOCC(Cc3cccc(Nc4ncc(C)s4)n3)C2)cn1. The van der Waals surface area contributed by atoms with E-state index in [0.29, 0.717) is 5.92 Å². The summed E-state index contributed by atoms with van der Waals surface area (Å²) in [5, 5.41) is 4.18. The van der Waals surface area contributed by atoms with Gasteiger partial charge in [-0.15, -0.1) is 11.3 Å². The number of thiazole rings is 1. The Kier molecular flexibility index (Phi) is 6.99. The summed E-state index contributed by atoms with van der Waals surface area (Å²) in [6.07, 6.45) is 7.51. The Morgan fingerprint density at radius 2 is 2.07 bits per heavy atom. The highest BCUT2D eigenvalue weighted by Gasteiger charge is 2.20. The Bertz CT molecular complexity index is 945. The number of nitrogens with one attached hydrogen (secondary N) is 1. The van der Waals surface area contributed by atoms with Gasteiger partial charge < -0.3 is 10.1 Å².